The maximum absolute atomic E-state index is 13.6. The van der Waals surface area contributed by atoms with Crippen LogP contribution in [-0.2, 0) is 33.2 Å². The molecule has 0 amide bonds. The van der Waals surface area contributed by atoms with Gasteiger partial charge < -0.3 is 14.2 Å². The van der Waals surface area contributed by atoms with Gasteiger partial charge in [-0.2, -0.15) is 26.3 Å². The summed E-state index contributed by atoms with van der Waals surface area (Å²) in [6, 6.07) is 19.7. The van der Waals surface area contributed by atoms with Crippen molar-refractivity contribution in [3.63, 3.8) is 0 Å². The molecular formula is C30H28F6O3. The lowest BCUT2D eigenvalue weighted by molar-refractivity contribution is -0.217. The topological polar surface area (TPSA) is 27.7 Å². The summed E-state index contributed by atoms with van der Waals surface area (Å²) in [6.45, 7) is 3.99. The number of benzene rings is 3. The van der Waals surface area contributed by atoms with Gasteiger partial charge in [0, 0.05) is 5.92 Å². The van der Waals surface area contributed by atoms with Crippen molar-refractivity contribution in [1.29, 1.82) is 0 Å². The molecule has 9 heteroatoms. The molecule has 208 valence electrons. The van der Waals surface area contributed by atoms with E-state index >= 15 is 0 Å². The Bertz CT molecular complexity index is 1180. The second-order valence-electron chi connectivity index (χ2n) is 9.33. The fourth-order valence-corrected chi connectivity index (χ4v) is 4.67. The zero-order valence-corrected chi connectivity index (χ0v) is 20.9. The molecule has 0 radical (unpaired) electrons. The molecule has 0 saturated carbocycles. The van der Waals surface area contributed by atoms with Crippen LogP contribution >= 0.6 is 0 Å². The van der Waals surface area contributed by atoms with Crippen LogP contribution in [0.2, 0.25) is 0 Å². The van der Waals surface area contributed by atoms with E-state index in [2.05, 4.69) is 6.58 Å². The molecule has 3 aromatic carbocycles. The van der Waals surface area contributed by atoms with E-state index in [1.54, 1.807) is 30.3 Å². The van der Waals surface area contributed by atoms with Crippen LogP contribution in [0.25, 0.3) is 0 Å². The molecule has 0 bridgehead atoms. The average molecular weight is 551 g/mol. The van der Waals surface area contributed by atoms with Gasteiger partial charge in [-0.25, -0.2) is 0 Å². The van der Waals surface area contributed by atoms with Crippen molar-refractivity contribution in [2.24, 2.45) is 5.92 Å². The standard InChI is InChI=1S/C30H28F6O3/c1-2-21-13-14-38-28(27(21)22-11-7-4-8-12-22)39-26(19-37-18-20-9-5-3-6-10-20)23-15-24(29(31,32)33)17-25(16-23)30(34,35)36/h2-12,15-17,21,26-28H,1,13-14,18-19H2. The minimum Gasteiger partial charge on any atom is -0.374 e. The number of hydrogen-bond acceptors (Lipinski definition) is 3. The minimum atomic E-state index is -4.99. The van der Waals surface area contributed by atoms with E-state index in [0.29, 0.717) is 25.2 Å². The van der Waals surface area contributed by atoms with Gasteiger partial charge in [-0.1, -0.05) is 66.7 Å². The average Bonchev–Trinajstić information content (AvgIpc) is 2.92. The number of allylic oxidation sites excluding steroid dienone is 1. The third-order valence-corrected chi connectivity index (χ3v) is 6.64. The molecule has 0 aromatic heterocycles. The highest BCUT2D eigenvalue weighted by Crippen LogP contribution is 2.42. The maximum Gasteiger partial charge on any atom is 0.416 e. The molecule has 1 heterocycles. The van der Waals surface area contributed by atoms with Gasteiger partial charge in [0.2, 0.25) is 0 Å². The first-order chi connectivity index (χ1) is 18.6. The first-order valence-electron chi connectivity index (χ1n) is 12.4. The number of alkyl halides is 6. The van der Waals surface area contributed by atoms with E-state index in [0.717, 1.165) is 11.1 Å². The summed E-state index contributed by atoms with van der Waals surface area (Å²) in [6.07, 6.45) is -9.82. The normalized spacial score (nSPS) is 20.9. The lowest BCUT2D eigenvalue weighted by Gasteiger charge is -2.39. The van der Waals surface area contributed by atoms with Crippen molar-refractivity contribution in [2.45, 2.75) is 43.7 Å². The van der Waals surface area contributed by atoms with Gasteiger partial charge >= 0.3 is 12.4 Å². The largest absolute Gasteiger partial charge is 0.416 e. The lowest BCUT2D eigenvalue weighted by atomic mass is 9.82. The van der Waals surface area contributed by atoms with Crippen LogP contribution in [-0.4, -0.2) is 19.5 Å². The Morgan fingerprint density at radius 2 is 1.46 bits per heavy atom. The van der Waals surface area contributed by atoms with E-state index in [9.17, 15) is 26.3 Å². The molecule has 0 N–H and O–H groups in total. The molecule has 1 aliphatic rings. The number of hydrogen-bond donors (Lipinski definition) is 0. The van der Waals surface area contributed by atoms with Crippen molar-refractivity contribution in [1.82, 2.24) is 0 Å². The molecule has 3 aromatic rings. The summed E-state index contributed by atoms with van der Waals surface area (Å²) in [5.74, 6) is -0.453. The number of rotatable bonds is 9. The first kappa shape index (κ1) is 28.9. The van der Waals surface area contributed by atoms with E-state index in [4.69, 9.17) is 14.2 Å². The lowest BCUT2D eigenvalue weighted by Crippen LogP contribution is -2.37. The second-order valence-corrected chi connectivity index (χ2v) is 9.33. The second kappa shape index (κ2) is 12.4. The predicted molar refractivity (Wildman–Crippen MR) is 134 cm³/mol. The molecule has 0 aliphatic carbocycles. The van der Waals surface area contributed by atoms with Crippen molar-refractivity contribution in [2.75, 3.05) is 13.2 Å². The van der Waals surface area contributed by atoms with Crippen LogP contribution in [0.1, 0.15) is 46.3 Å². The summed E-state index contributed by atoms with van der Waals surface area (Å²) in [5.41, 5.74) is -1.49. The Labute approximate surface area is 223 Å². The molecule has 0 spiro atoms. The van der Waals surface area contributed by atoms with E-state index in [1.807, 2.05) is 36.4 Å². The van der Waals surface area contributed by atoms with Crippen LogP contribution in [0.5, 0.6) is 0 Å². The first-order valence-corrected chi connectivity index (χ1v) is 12.4. The Balaban J connectivity index is 1.70. The number of halogens is 6. The third kappa shape index (κ3) is 7.50. The van der Waals surface area contributed by atoms with Gasteiger partial charge in [-0.3, -0.25) is 0 Å². The maximum atomic E-state index is 13.6. The van der Waals surface area contributed by atoms with Crippen molar-refractivity contribution in [3.05, 3.63) is 119 Å². The zero-order valence-electron chi connectivity index (χ0n) is 20.9. The molecule has 1 fully saturated rings. The molecule has 39 heavy (non-hydrogen) atoms. The molecular weight excluding hydrogens is 522 g/mol. The highest BCUT2D eigenvalue weighted by molar-refractivity contribution is 5.35. The smallest absolute Gasteiger partial charge is 0.374 e. The van der Waals surface area contributed by atoms with Gasteiger partial charge in [0.25, 0.3) is 0 Å². The van der Waals surface area contributed by atoms with E-state index < -0.39 is 35.9 Å². The van der Waals surface area contributed by atoms with Crippen LogP contribution in [0.3, 0.4) is 0 Å². The molecule has 4 unspecified atom stereocenters. The minimum absolute atomic E-state index is 0.0794. The SMILES string of the molecule is C=CC1CCOC(OC(COCc2ccccc2)c2cc(C(F)(F)F)cc(C(F)(F)F)c2)C1c1ccccc1. The summed E-state index contributed by atoms with van der Waals surface area (Å²) in [5, 5.41) is 0. The summed E-state index contributed by atoms with van der Waals surface area (Å²) in [7, 11) is 0. The quantitative estimate of drug-likeness (QED) is 0.198. The van der Waals surface area contributed by atoms with Gasteiger partial charge in [0.15, 0.2) is 6.29 Å². The Morgan fingerprint density at radius 1 is 0.872 bits per heavy atom. The highest BCUT2D eigenvalue weighted by atomic mass is 19.4. The molecule has 3 nitrogen and oxygen atoms in total. The summed E-state index contributed by atoms with van der Waals surface area (Å²) >= 11 is 0. The molecule has 4 atom stereocenters. The van der Waals surface area contributed by atoms with Gasteiger partial charge in [-0.05, 0) is 47.2 Å². The molecule has 1 saturated heterocycles. The summed E-state index contributed by atoms with van der Waals surface area (Å²) < 4.78 is 99.7. The van der Waals surface area contributed by atoms with Gasteiger partial charge in [0.05, 0.1) is 30.9 Å². The van der Waals surface area contributed by atoms with Crippen molar-refractivity contribution in [3.8, 4) is 0 Å². The van der Waals surface area contributed by atoms with Gasteiger partial charge in [0.1, 0.15) is 6.10 Å². The monoisotopic (exact) mass is 550 g/mol. The fourth-order valence-electron chi connectivity index (χ4n) is 4.67. The van der Waals surface area contributed by atoms with Crippen LogP contribution in [0, 0.1) is 5.92 Å². The fraction of sp³-hybridized carbons (Fsp3) is 0.333. The molecule has 4 rings (SSSR count). The summed E-state index contributed by atoms with van der Waals surface area (Å²) in [4.78, 5) is 0. The predicted octanol–water partition coefficient (Wildman–Crippen LogP) is 8.33. The zero-order chi connectivity index (χ0) is 28.0. The van der Waals surface area contributed by atoms with E-state index in [-0.39, 0.29) is 36.7 Å². The Morgan fingerprint density at radius 3 is 2.03 bits per heavy atom. The van der Waals surface area contributed by atoms with Crippen LogP contribution < -0.4 is 0 Å². The Hall–Kier alpha value is -3.14. The van der Waals surface area contributed by atoms with Crippen molar-refractivity contribution < 1.29 is 40.6 Å². The number of ether oxygens (including phenoxy) is 3. The van der Waals surface area contributed by atoms with Crippen molar-refractivity contribution >= 4 is 0 Å². The van der Waals surface area contributed by atoms with Crippen LogP contribution in [0.4, 0.5) is 26.3 Å². The Kier molecular flexibility index (Phi) is 9.15. The van der Waals surface area contributed by atoms with Gasteiger partial charge in [-0.15, -0.1) is 6.58 Å². The third-order valence-electron chi connectivity index (χ3n) is 6.64. The highest BCUT2D eigenvalue weighted by Gasteiger charge is 2.40. The van der Waals surface area contributed by atoms with Crippen LogP contribution in [0.15, 0.2) is 91.5 Å². The molecule has 1 aliphatic heterocycles. The van der Waals surface area contributed by atoms with E-state index in [1.165, 1.54) is 0 Å².